The van der Waals surface area contributed by atoms with Gasteiger partial charge in [0.15, 0.2) is 11.5 Å². The first kappa shape index (κ1) is 25.5. The normalized spacial score (nSPS) is 12.5. The highest BCUT2D eigenvalue weighted by atomic mass is 32.2. The van der Waals surface area contributed by atoms with Crippen molar-refractivity contribution in [2.24, 2.45) is 0 Å². The maximum atomic E-state index is 13.2. The summed E-state index contributed by atoms with van der Waals surface area (Å²) < 4.78 is 43.1. The number of ether oxygens (including phenoxy) is 3. The van der Waals surface area contributed by atoms with Gasteiger partial charge in [-0.25, -0.2) is 8.42 Å². The lowest BCUT2D eigenvalue weighted by Crippen LogP contribution is -2.39. The first-order valence-corrected chi connectivity index (χ1v) is 11.6. The summed E-state index contributed by atoms with van der Waals surface area (Å²) in [5.74, 6) is 1.07. The van der Waals surface area contributed by atoms with E-state index in [1.807, 2.05) is 32.9 Å². The number of amides is 1. The Bertz CT molecular complexity index is 1050. The fraction of sp³-hybridized carbons (Fsp3) is 0.435. The van der Waals surface area contributed by atoms with Crippen LogP contribution >= 0.6 is 0 Å². The maximum absolute atomic E-state index is 13.2. The molecular weight excluding hydrogens is 432 g/mol. The molecule has 0 bridgehead atoms. The number of benzene rings is 2. The topological polar surface area (TPSA) is 94.2 Å². The number of hydrogen-bond donors (Lipinski definition) is 1. The third-order valence-corrected chi connectivity index (χ3v) is 7.02. The molecule has 1 unspecified atom stereocenters. The van der Waals surface area contributed by atoms with Gasteiger partial charge in [0.25, 0.3) is 0 Å². The fourth-order valence-corrected chi connectivity index (χ4v) is 4.52. The molecule has 0 saturated heterocycles. The molecule has 0 radical (unpaired) electrons. The number of nitrogens with zero attached hydrogens (tertiary/aromatic N) is 1. The fourth-order valence-electron chi connectivity index (χ4n) is 3.20. The Morgan fingerprint density at radius 2 is 1.47 bits per heavy atom. The Labute approximate surface area is 190 Å². The molecule has 2 rings (SSSR count). The van der Waals surface area contributed by atoms with Crippen LogP contribution in [0.5, 0.6) is 17.2 Å². The van der Waals surface area contributed by atoms with Crippen molar-refractivity contribution in [3.8, 4) is 17.2 Å². The van der Waals surface area contributed by atoms with Gasteiger partial charge in [0.05, 0.1) is 33.9 Å². The molecule has 0 aliphatic rings. The van der Waals surface area contributed by atoms with Crippen LogP contribution in [0.15, 0.2) is 41.3 Å². The highest BCUT2D eigenvalue weighted by Gasteiger charge is 2.27. The van der Waals surface area contributed by atoms with Gasteiger partial charge in [0.1, 0.15) is 10.6 Å². The summed E-state index contributed by atoms with van der Waals surface area (Å²) in [5, 5.41) is 2.82. The SMILES string of the molecule is COc1ccc(C(C)NC(=O)CN(C)S(=O)(=O)c2cc(C(C)C)ccc2OC)cc1OC. The molecule has 32 heavy (non-hydrogen) atoms. The number of nitrogens with one attached hydrogen (secondary N) is 1. The summed E-state index contributed by atoms with van der Waals surface area (Å²) in [6.45, 7) is 5.42. The Kier molecular flexibility index (Phi) is 8.51. The van der Waals surface area contributed by atoms with Crippen LogP contribution in [0.2, 0.25) is 0 Å². The summed E-state index contributed by atoms with van der Waals surface area (Å²) in [6.07, 6.45) is 0. The number of carbonyl (C=O) groups excluding carboxylic acids is 1. The standard InChI is InChI=1S/C23H32N2O6S/c1-15(2)17-8-11-20(30-6)22(13-17)32(27,28)25(4)14-23(26)24-16(3)18-9-10-19(29-5)21(12-18)31-7/h8-13,15-16H,14H2,1-7H3,(H,24,26). The predicted octanol–water partition coefficient (Wildman–Crippen LogP) is 3.33. The van der Waals surface area contributed by atoms with Crippen LogP contribution in [0.3, 0.4) is 0 Å². The molecule has 2 aromatic carbocycles. The van der Waals surface area contributed by atoms with E-state index in [1.54, 1.807) is 31.4 Å². The van der Waals surface area contributed by atoms with Crippen molar-refractivity contribution < 1.29 is 27.4 Å². The van der Waals surface area contributed by atoms with E-state index in [4.69, 9.17) is 14.2 Å². The molecule has 0 fully saturated rings. The quantitative estimate of drug-likeness (QED) is 0.580. The number of rotatable bonds is 10. The molecule has 8 nitrogen and oxygen atoms in total. The molecule has 0 aliphatic carbocycles. The molecular formula is C23H32N2O6S. The largest absolute Gasteiger partial charge is 0.495 e. The molecule has 1 N–H and O–H groups in total. The minimum atomic E-state index is -3.94. The third-order valence-electron chi connectivity index (χ3n) is 5.19. The summed E-state index contributed by atoms with van der Waals surface area (Å²) in [6, 6.07) is 10.0. The smallest absolute Gasteiger partial charge is 0.246 e. The molecule has 2 aromatic rings. The van der Waals surface area contributed by atoms with Crippen molar-refractivity contribution >= 4 is 15.9 Å². The van der Waals surface area contributed by atoms with Gasteiger partial charge >= 0.3 is 0 Å². The summed E-state index contributed by atoms with van der Waals surface area (Å²) in [5.41, 5.74) is 1.66. The molecule has 0 saturated carbocycles. The lowest BCUT2D eigenvalue weighted by molar-refractivity contribution is -0.121. The van der Waals surface area contributed by atoms with Crippen LogP contribution in [0.1, 0.15) is 43.9 Å². The molecule has 0 heterocycles. The van der Waals surface area contributed by atoms with Crippen LogP contribution in [-0.2, 0) is 14.8 Å². The van der Waals surface area contributed by atoms with E-state index in [0.29, 0.717) is 11.5 Å². The molecule has 9 heteroatoms. The summed E-state index contributed by atoms with van der Waals surface area (Å²) in [7, 11) is 1.93. The van der Waals surface area contributed by atoms with Crippen LogP contribution in [0.25, 0.3) is 0 Å². The minimum absolute atomic E-state index is 0.0365. The summed E-state index contributed by atoms with van der Waals surface area (Å²) in [4.78, 5) is 12.7. The van der Waals surface area contributed by atoms with Gasteiger partial charge in [-0.3, -0.25) is 4.79 Å². The van der Waals surface area contributed by atoms with Crippen LogP contribution in [0, 0.1) is 0 Å². The predicted molar refractivity (Wildman–Crippen MR) is 123 cm³/mol. The van der Waals surface area contributed by atoms with Gasteiger partial charge in [-0.15, -0.1) is 0 Å². The van der Waals surface area contributed by atoms with Gasteiger partial charge in [-0.2, -0.15) is 4.31 Å². The van der Waals surface area contributed by atoms with E-state index in [-0.39, 0.29) is 29.1 Å². The van der Waals surface area contributed by atoms with Crippen LogP contribution < -0.4 is 19.5 Å². The zero-order chi connectivity index (χ0) is 24.1. The zero-order valence-electron chi connectivity index (χ0n) is 19.6. The molecule has 0 aliphatic heterocycles. The number of carbonyl (C=O) groups is 1. The molecule has 0 aromatic heterocycles. The van der Waals surface area contributed by atoms with Crippen LogP contribution in [0.4, 0.5) is 0 Å². The average Bonchev–Trinajstić information content (AvgIpc) is 2.77. The second-order valence-corrected chi connectivity index (χ2v) is 9.74. The Hall–Kier alpha value is -2.78. The highest BCUT2D eigenvalue weighted by molar-refractivity contribution is 7.89. The van der Waals surface area contributed by atoms with Gasteiger partial charge in [-0.1, -0.05) is 26.0 Å². The van der Waals surface area contributed by atoms with Gasteiger partial charge < -0.3 is 19.5 Å². The van der Waals surface area contributed by atoms with Crippen molar-refractivity contribution in [3.63, 3.8) is 0 Å². The highest BCUT2D eigenvalue weighted by Crippen LogP contribution is 2.31. The lowest BCUT2D eigenvalue weighted by atomic mass is 10.0. The van der Waals surface area contributed by atoms with Crippen molar-refractivity contribution in [1.82, 2.24) is 9.62 Å². The van der Waals surface area contributed by atoms with E-state index in [9.17, 15) is 13.2 Å². The maximum Gasteiger partial charge on any atom is 0.246 e. The van der Waals surface area contributed by atoms with Gasteiger partial charge in [-0.05, 0) is 48.2 Å². The average molecular weight is 465 g/mol. The first-order chi connectivity index (χ1) is 15.0. The molecule has 1 amide bonds. The van der Waals surface area contributed by atoms with E-state index in [2.05, 4.69) is 5.32 Å². The molecule has 1 atom stereocenters. The van der Waals surface area contributed by atoms with Crippen molar-refractivity contribution in [1.29, 1.82) is 0 Å². The second-order valence-electron chi connectivity index (χ2n) is 7.73. The van der Waals surface area contributed by atoms with Crippen molar-refractivity contribution in [2.75, 3.05) is 34.9 Å². The van der Waals surface area contributed by atoms with Crippen LogP contribution in [-0.4, -0.2) is 53.6 Å². The number of sulfonamides is 1. The van der Waals surface area contributed by atoms with E-state index >= 15 is 0 Å². The number of likely N-dealkylation sites (N-methyl/N-ethyl adjacent to an activating group) is 1. The molecule has 176 valence electrons. The van der Waals surface area contributed by atoms with Gasteiger partial charge in [0.2, 0.25) is 15.9 Å². The third kappa shape index (κ3) is 5.72. The van der Waals surface area contributed by atoms with E-state index < -0.39 is 15.9 Å². The van der Waals surface area contributed by atoms with E-state index in [1.165, 1.54) is 21.3 Å². The molecule has 0 spiro atoms. The Morgan fingerprint density at radius 1 is 0.906 bits per heavy atom. The Balaban J connectivity index is 2.17. The summed E-state index contributed by atoms with van der Waals surface area (Å²) >= 11 is 0. The van der Waals surface area contributed by atoms with E-state index in [0.717, 1.165) is 15.4 Å². The first-order valence-electron chi connectivity index (χ1n) is 10.2. The van der Waals surface area contributed by atoms with Crippen molar-refractivity contribution in [2.45, 2.75) is 37.6 Å². The lowest BCUT2D eigenvalue weighted by Gasteiger charge is -2.21. The zero-order valence-corrected chi connectivity index (χ0v) is 20.4. The minimum Gasteiger partial charge on any atom is -0.495 e. The van der Waals surface area contributed by atoms with Crippen molar-refractivity contribution in [3.05, 3.63) is 47.5 Å². The second kappa shape index (κ2) is 10.7. The Morgan fingerprint density at radius 3 is 2.03 bits per heavy atom. The monoisotopic (exact) mass is 464 g/mol. The van der Waals surface area contributed by atoms with Gasteiger partial charge in [0, 0.05) is 7.05 Å². The number of hydrogen-bond acceptors (Lipinski definition) is 6. The number of methoxy groups -OCH3 is 3.